The zero-order valence-electron chi connectivity index (χ0n) is 9.37. The quantitative estimate of drug-likeness (QED) is 0.626. The van der Waals surface area contributed by atoms with E-state index in [1.165, 1.54) is 38.5 Å². The van der Waals surface area contributed by atoms with Gasteiger partial charge in [-0.25, -0.2) is 0 Å². The molecule has 1 aromatic heterocycles. The van der Waals surface area contributed by atoms with E-state index in [0.717, 1.165) is 12.2 Å². The monoisotopic (exact) mass is 195 g/mol. The molecule has 3 nitrogen and oxygen atoms in total. The maximum absolute atomic E-state index is 4.06. The number of nitrogens with zero attached hydrogens (tertiary/aromatic N) is 3. The number of rotatable bonds is 7. The summed E-state index contributed by atoms with van der Waals surface area (Å²) in [5.41, 5.74) is 0. The fourth-order valence-electron chi connectivity index (χ4n) is 1.60. The minimum atomic E-state index is 1.07. The van der Waals surface area contributed by atoms with Crippen LogP contribution in [0.4, 0.5) is 0 Å². The van der Waals surface area contributed by atoms with Gasteiger partial charge in [-0.2, -0.15) is 0 Å². The highest BCUT2D eigenvalue weighted by atomic mass is 15.2. The molecule has 1 heterocycles. The second kappa shape index (κ2) is 6.57. The maximum Gasteiger partial charge on any atom is 0.132 e. The van der Waals surface area contributed by atoms with E-state index < -0.39 is 0 Å². The van der Waals surface area contributed by atoms with Crippen LogP contribution in [0.25, 0.3) is 0 Å². The van der Waals surface area contributed by atoms with Crippen LogP contribution in [0.5, 0.6) is 0 Å². The number of unbranched alkanes of at least 4 members (excludes halogenated alkanes) is 5. The summed E-state index contributed by atoms with van der Waals surface area (Å²) in [6.07, 6.45) is 10.9. The molecular formula is C11H21N3. The number of hydrogen-bond donors (Lipinski definition) is 0. The van der Waals surface area contributed by atoms with Crippen molar-refractivity contribution in [1.29, 1.82) is 0 Å². The molecule has 1 rings (SSSR count). The Labute approximate surface area is 86.5 Å². The van der Waals surface area contributed by atoms with Crippen molar-refractivity contribution in [3.8, 4) is 0 Å². The van der Waals surface area contributed by atoms with E-state index in [4.69, 9.17) is 0 Å². The lowest BCUT2D eigenvalue weighted by atomic mass is 10.1. The van der Waals surface area contributed by atoms with Crippen molar-refractivity contribution in [3.63, 3.8) is 0 Å². The Morgan fingerprint density at radius 2 is 1.86 bits per heavy atom. The molecule has 0 saturated carbocycles. The smallest absolute Gasteiger partial charge is 0.132 e. The molecule has 3 heteroatoms. The Morgan fingerprint density at radius 1 is 1.14 bits per heavy atom. The van der Waals surface area contributed by atoms with Gasteiger partial charge in [-0.3, -0.25) is 0 Å². The average Bonchev–Trinajstić information content (AvgIpc) is 2.58. The largest absolute Gasteiger partial charge is 0.321 e. The fourth-order valence-corrected chi connectivity index (χ4v) is 1.60. The lowest BCUT2D eigenvalue weighted by molar-refractivity contribution is 0.594. The van der Waals surface area contributed by atoms with Crippen LogP contribution in [-0.4, -0.2) is 14.8 Å². The van der Waals surface area contributed by atoms with E-state index >= 15 is 0 Å². The van der Waals surface area contributed by atoms with Crippen LogP contribution < -0.4 is 0 Å². The molecule has 0 aliphatic heterocycles. The van der Waals surface area contributed by atoms with Gasteiger partial charge in [-0.05, 0) is 6.42 Å². The van der Waals surface area contributed by atoms with Gasteiger partial charge >= 0.3 is 0 Å². The maximum atomic E-state index is 4.06. The van der Waals surface area contributed by atoms with Crippen molar-refractivity contribution in [2.75, 3.05) is 0 Å². The van der Waals surface area contributed by atoms with Gasteiger partial charge in [0.15, 0.2) is 0 Å². The van der Waals surface area contributed by atoms with Crippen molar-refractivity contribution in [2.45, 2.75) is 51.9 Å². The highest BCUT2D eigenvalue weighted by Gasteiger charge is 1.99. The van der Waals surface area contributed by atoms with Gasteiger partial charge in [-0.1, -0.05) is 39.0 Å². The third-order valence-corrected chi connectivity index (χ3v) is 2.56. The highest BCUT2D eigenvalue weighted by Crippen LogP contribution is 2.07. The van der Waals surface area contributed by atoms with E-state index in [-0.39, 0.29) is 0 Å². The predicted octanol–water partition coefficient (Wildman–Crippen LogP) is 2.72. The van der Waals surface area contributed by atoms with E-state index in [0.29, 0.717) is 0 Å². The summed E-state index contributed by atoms with van der Waals surface area (Å²) >= 11 is 0. The highest BCUT2D eigenvalue weighted by molar-refractivity contribution is 4.83. The van der Waals surface area contributed by atoms with E-state index in [1.54, 1.807) is 6.33 Å². The molecule has 0 atom stereocenters. The number of aromatic nitrogens is 3. The second-order valence-corrected chi connectivity index (χ2v) is 3.88. The molecule has 0 spiro atoms. The molecule has 14 heavy (non-hydrogen) atoms. The molecule has 0 fully saturated rings. The molecule has 0 aliphatic carbocycles. The van der Waals surface area contributed by atoms with Crippen molar-refractivity contribution in [1.82, 2.24) is 14.8 Å². The molecule has 0 bridgehead atoms. The van der Waals surface area contributed by atoms with Crippen LogP contribution in [0.1, 0.15) is 51.3 Å². The van der Waals surface area contributed by atoms with Crippen LogP contribution in [0, 0.1) is 0 Å². The summed E-state index contributed by atoms with van der Waals surface area (Å²) in [5, 5.41) is 7.93. The van der Waals surface area contributed by atoms with Gasteiger partial charge in [0.05, 0.1) is 0 Å². The van der Waals surface area contributed by atoms with Crippen LogP contribution in [-0.2, 0) is 13.5 Å². The van der Waals surface area contributed by atoms with E-state index in [2.05, 4.69) is 17.1 Å². The minimum Gasteiger partial charge on any atom is -0.321 e. The van der Waals surface area contributed by atoms with E-state index in [1.807, 2.05) is 11.6 Å². The Kier molecular flexibility index (Phi) is 5.27. The van der Waals surface area contributed by atoms with Crippen LogP contribution >= 0.6 is 0 Å². The number of hydrogen-bond acceptors (Lipinski definition) is 2. The Balaban J connectivity index is 2.02. The van der Waals surface area contributed by atoms with Crippen molar-refractivity contribution < 1.29 is 0 Å². The standard InChI is InChI=1S/C11H21N3/c1-3-4-5-6-7-8-9-11-13-12-10-14(11)2/h10H,3-9H2,1-2H3. The van der Waals surface area contributed by atoms with Crippen LogP contribution in [0.2, 0.25) is 0 Å². The van der Waals surface area contributed by atoms with E-state index in [9.17, 15) is 0 Å². The molecule has 0 N–H and O–H groups in total. The third-order valence-electron chi connectivity index (χ3n) is 2.56. The minimum absolute atomic E-state index is 1.07. The first kappa shape index (κ1) is 11.2. The summed E-state index contributed by atoms with van der Waals surface area (Å²) in [6.45, 7) is 2.25. The van der Waals surface area contributed by atoms with Gasteiger partial charge < -0.3 is 4.57 Å². The van der Waals surface area contributed by atoms with Gasteiger partial charge in [0.1, 0.15) is 12.2 Å². The second-order valence-electron chi connectivity index (χ2n) is 3.88. The Morgan fingerprint density at radius 3 is 2.50 bits per heavy atom. The zero-order chi connectivity index (χ0) is 10.2. The molecule has 1 aromatic rings. The predicted molar refractivity (Wildman–Crippen MR) is 58.1 cm³/mol. The van der Waals surface area contributed by atoms with Crippen molar-refractivity contribution >= 4 is 0 Å². The summed E-state index contributed by atoms with van der Waals surface area (Å²) in [7, 11) is 2.01. The van der Waals surface area contributed by atoms with Crippen LogP contribution in [0.3, 0.4) is 0 Å². The van der Waals surface area contributed by atoms with Gasteiger partial charge in [-0.15, -0.1) is 10.2 Å². The first-order valence-electron chi connectivity index (χ1n) is 5.67. The first-order chi connectivity index (χ1) is 6.84. The summed E-state index contributed by atoms with van der Waals surface area (Å²) in [4.78, 5) is 0. The molecule has 0 amide bonds. The molecular weight excluding hydrogens is 174 g/mol. The van der Waals surface area contributed by atoms with Gasteiger partial charge in [0.2, 0.25) is 0 Å². The molecule has 0 aliphatic rings. The van der Waals surface area contributed by atoms with Crippen molar-refractivity contribution in [3.05, 3.63) is 12.2 Å². The zero-order valence-corrected chi connectivity index (χ0v) is 9.37. The molecule has 0 radical (unpaired) electrons. The van der Waals surface area contributed by atoms with Crippen molar-refractivity contribution in [2.24, 2.45) is 7.05 Å². The SMILES string of the molecule is CCCCCCCCc1nncn1C. The lowest BCUT2D eigenvalue weighted by Gasteiger charge is -2.00. The molecule has 0 aromatic carbocycles. The topological polar surface area (TPSA) is 30.7 Å². The number of aryl methyl sites for hydroxylation is 2. The van der Waals surface area contributed by atoms with Crippen LogP contribution in [0.15, 0.2) is 6.33 Å². The molecule has 0 saturated heterocycles. The fraction of sp³-hybridized carbons (Fsp3) is 0.818. The molecule has 80 valence electrons. The summed E-state index contributed by atoms with van der Waals surface area (Å²) in [5.74, 6) is 1.11. The molecule has 0 unspecified atom stereocenters. The Hall–Kier alpha value is -0.860. The first-order valence-corrected chi connectivity index (χ1v) is 5.67. The normalized spacial score (nSPS) is 10.7. The summed E-state index contributed by atoms with van der Waals surface area (Å²) < 4.78 is 2.01. The lowest BCUT2D eigenvalue weighted by Crippen LogP contribution is -1.97. The van der Waals surface area contributed by atoms with Gasteiger partial charge in [0.25, 0.3) is 0 Å². The Bertz CT molecular complexity index is 242. The third kappa shape index (κ3) is 3.90. The average molecular weight is 195 g/mol. The van der Waals surface area contributed by atoms with Gasteiger partial charge in [0, 0.05) is 13.5 Å². The summed E-state index contributed by atoms with van der Waals surface area (Å²) in [6, 6.07) is 0.